The lowest BCUT2D eigenvalue weighted by Crippen LogP contribution is -2.40. The highest BCUT2D eigenvalue weighted by Gasteiger charge is 2.53. The van der Waals surface area contributed by atoms with Crippen molar-refractivity contribution in [3.8, 4) is 45.3 Å². The smallest absolute Gasteiger partial charge is 0.165 e. The van der Waals surface area contributed by atoms with E-state index >= 15 is 0 Å². The Morgan fingerprint density at radius 1 is 0.377 bits per heavy atom. The third-order valence-corrected chi connectivity index (χ3v) is 12.9. The molecule has 0 N–H and O–H groups in total. The van der Waals surface area contributed by atoms with Crippen LogP contribution >= 0.6 is 11.3 Å². The number of thiophene rings is 1. The van der Waals surface area contributed by atoms with Crippen LogP contribution in [0.15, 0.2) is 164 Å². The number of hydrogen-bond donors (Lipinski definition) is 0. The number of benzene rings is 7. The van der Waals surface area contributed by atoms with Crippen molar-refractivity contribution >= 4 is 31.5 Å². The molecule has 0 aliphatic heterocycles. The lowest BCUT2D eigenvalue weighted by atomic mass is 9.55. The minimum Gasteiger partial charge on any atom is -0.208 e. The third kappa shape index (κ3) is 4.13. The first-order valence-corrected chi connectivity index (χ1v) is 19.0. The summed E-state index contributed by atoms with van der Waals surface area (Å²) in [5, 5.41) is 2.50. The Kier molecular flexibility index (Phi) is 6.39. The Bertz CT molecular complexity index is 2820. The molecule has 0 amide bonds. The Hall–Kier alpha value is -6.23. The van der Waals surface area contributed by atoms with Gasteiger partial charge in [0.15, 0.2) is 17.5 Å². The van der Waals surface area contributed by atoms with Crippen molar-refractivity contribution in [1.82, 2.24) is 15.0 Å². The molecule has 0 radical (unpaired) electrons. The summed E-state index contributed by atoms with van der Waals surface area (Å²) in [5.41, 5.74) is 13.2. The van der Waals surface area contributed by atoms with E-state index in [2.05, 4.69) is 141 Å². The SMILES string of the molecule is CC1(C)c2ccccc2C2(c3ccccc3-c3ccccc32)c2ccc3c(sc4c(-c5nc(-c6ccccc6)nc(-c6ccccc6)n5)cccc43)c21. The van der Waals surface area contributed by atoms with Gasteiger partial charge >= 0.3 is 0 Å². The molecule has 2 aliphatic carbocycles. The lowest BCUT2D eigenvalue weighted by molar-refractivity contribution is 0.569. The summed E-state index contributed by atoms with van der Waals surface area (Å²) in [6.07, 6.45) is 0. The van der Waals surface area contributed by atoms with Crippen LogP contribution in [0, 0.1) is 0 Å². The van der Waals surface area contributed by atoms with Gasteiger partial charge in [-0.05, 0) is 50.6 Å². The number of hydrogen-bond acceptors (Lipinski definition) is 4. The number of fused-ring (bicyclic) bond motifs is 13. The number of rotatable bonds is 3. The van der Waals surface area contributed by atoms with E-state index in [0.29, 0.717) is 17.5 Å². The zero-order valence-electron chi connectivity index (χ0n) is 29.3. The van der Waals surface area contributed by atoms with Gasteiger partial charge in [-0.1, -0.05) is 172 Å². The van der Waals surface area contributed by atoms with Crippen molar-refractivity contribution in [3.05, 3.63) is 197 Å². The molecule has 0 saturated carbocycles. The molecular formula is C49H33N3S. The van der Waals surface area contributed by atoms with Crippen molar-refractivity contribution in [2.45, 2.75) is 24.7 Å². The van der Waals surface area contributed by atoms with Crippen LogP contribution in [0.4, 0.5) is 0 Å². The Morgan fingerprint density at radius 3 is 1.49 bits per heavy atom. The van der Waals surface area contributed by atoms with Gasteiger partial charge < -0.3 is 0 Å². The lowest BCUT2D eigenvalue weighted by Gasteiger charge is -2.46. The molecule has 11 rings (SSSR count). The second-order valence-electron chi connectivity index (χ2n) is 14.7. The van der Waals surface area contributed by atoms with Crippen molar-refractivity contribution in [2.24, 2.45) is 0 Å². The summed E-state index contributed by atoms with van der Waals surface area (Å²) < 4.78 is 2.52. The summed E-state index contributed by atoms with van der Waals surface area (Å²) in [6, 6.07) is 59.1. The fourth-order valence-corrected chi connectivity index (χ4v) is 10.9. The fourth-order valence-electron chi connectivity index (χ4n) is 9.35. The van der Waals surface area contributed by atoms with E-state index in [4.69, 9.17) is 15.0 Å². The minimum atomic E-state index is -0.425. The predicted molar refractivity (Wildman–Crippen MR) is 218 cm³/mol. The molecule has 53 heavy (non-hydrogen) atoms. The van der Waals surface area contributed by atoms with Crippen LogP contribution in [0.5, 0.6) is 0 Å². The maximum atomic E-state index is 5.16. The summed E-state index contributed by atoms with van der Waals surface area (Å²) in [5.74, 6) is 2.02. The highest BCUT2D eigenvalue weighted by molar-refractivity contribution is 7.26. The van der Waals surface area contributed by atoms with E-state index in [9.17, 15) is 0 Å². The first-order chi connectivity index (χ1) is 26.0. The van der Waals surface area contributed by atoms with E-state index in [1.807, 2.05) is 47.7 Å². The average Bonchev–Trinajstić information content (AvgIpc) is 3.75. The number of nitrogens with zero attached hydrogens (tertiary/aromatic N) is 3. The van der Waals surface area contributed by atoms with E-state index in [0.717, 1.165) is 16.7 Å². The molecule has 4 heteroatoms. The second kappa shape index (κ2) is 11.1. The largest absolute Gasteiger partial charge is 0.208 e. The Labute approximate surface area is 312 Å². The normalized spacial score (nSPS) is 14.5. The molecule has 9 aromatic rings. The summed E-state index contributed by atoms with van der Waals surface area (Å²) >= 11 is 1.88. The quantitative estimate of drug-likeness (QED) is 0.185. The molecule has 7 aromatic carbocycles. The molecule has 0 bridgehead atoms. The van der Waals surface area contributed by atoms with Gasteiger partial charge in [-0.15, -0.1) is 11.3 Å². The van der Waals surface area contributed by atoms with Crippen LogP contribution in [-0.4, -0.2) is 15.0 Å². The van der Waals surface area contributed by atoms with Gasteiger partial charge in [-0.25, -0.2) is 15.0 Å². The highest BCUT2D eigenvalue weighted by atomic mass is 32.1. The molecule has 0 unspecified atom stereocenters. The van der Waals surface area contributed by atoms with E-state index in [-0.39, 0.29) is 5.41 Å². The molecule has 0 saturated heterocycles. The van der Waals surface area contributed by atoms with Gasteiger partial charge in [0, 0.05) is 42.3 Å². The van der Waals surface area contributed by atoms with Crippen molar-refractivity contribution in [1.29, 1.82) is 0 Å². The first-order valence-electron chi connectivity index (χ1n) is 18.2. The van der Waals surface area contributed by atoms with E-state index in [1.165, 1.54) is 64.7 Å². The van der Waals surface area contributed by atoms with E-state index < -0.39 is 5.41 Å². The minimum absolute atomic E-state index is 0.252. The maximum Gasteiger partial charge on any atom is 0.165 e. The predicted octanol–water partition coefficient (Wildman–Crippen LogP) is 12.2. The highest BCUT2D eigenvalue weighted by Crippen LogP contribution is 2.63. The summed E-state index contributed by atoms with van der Waals surface area (Å²) in [7, 11) is 0. The van der Waals surface area contributed by atoms with Crippen LogP contribution in [0.3, 0.4) is 0 Å². The molecule has 250 valence electrons. The summed E-state index contributed by atoms with van der Waals surface area (Å²) in [4.78, 5) is 15.3. The molecule has 2 heterocycles. The van der Waals surface area contributed by atoms with Crippen LogP contribution in [0.1, 0.15) is 47.2 Å². The van der Waals surface area contributed by atoms with Gasteiger partial charge in [0.1, 0.15) is 0 Å². The number of aromatic nitrogens is 3. The monoisotopic (exact) mass is 695 g/mol. The summed E-state index contributed by atoms with van der Waals surface area (Å²) in [6.45, 7) is 4.83. The van der Waals surface area contributed by atoms with Gasteiger partial charge in [-0.2, -0.15) is 0 Å². The van der Waals surface area contributed by atoms with Crippen molar-refractivity contribution in [3.63, 3.8) is 0 Å². The average molecular weight is 696 g/mol. The first kappa shape index (κ1) is 30.4. The molecule has 0 fully saturated rings. The second-order valence-corrected chi connectivity index (χ2v) is 15.7. The van der Waals surface area contributed by atoms with Gasteiger partial charge in [0.05, 0.1) is 5.41 Å². The zero-order valence-corrected chi connectivity index (χ0v) is 30.2. The van der Waals surface area contributed by atoms with Crippen LogP contribution in [-0.2, 0) is 10.8 Å². The Balaban J connectivity index is 1.22. The van der Waals surface area contributed by atoms with Crippen LogP contribution < -0.4 is 0 Å². The van der Waals surface area contributed by atoms with E-state index in [1.54, 1.807) is 0 Å². The molecule has 0 atom stereocenters. The zero-order chi connectivity index (χ0) is 35.3. The fraction of sp³-hybridized carbons (Fsp3) is 0.0816. The molecule has 3 nitrogen and oxygen atoms in total. The van der Waals surface area contributed by atoms with Crippen LogP contribution in [0.25, 0.3) is 65.5 Å². The van der Waals surface area contributed by atoms with Crippen molar-refractivity contribution in [2.75, 3.05) is 0 Å². The van der Waals surface area contributed by atoms with Crippen LogP contribution in [0.2, 0.25) is 0 Å². The maximum absolute atomic E-state index is 5.16. The van der Waals surface area contributed by atoms with Crippen molar-refractivity contribution < 1.29 is 0 Å². The topological polar surface area (TPSA) is 38.7 Å². The molecule has 1 spiro atoms. The van der Waals surface area contributed by atoms with Gasteiger partial charge in [0.25, 0.3) is 0 Å². The third-order valence-electron chi connectivity index (χ3n) is 11.6. The molecular weight excluding hydrogens is 663 g/mol. The van der Waals surface area contributed by atoms with Gasteiger partial charge in [0.2, 0.25) is 0 Å². The van der Waals surface area contributed by atoms with Gasteiger partial charge in [-0.3, -0.25) is 0 Å². The molecule has 2 aliphatic rings. The standard InChI is InChI=1S/C49H33N3S/c1-48(2)39-26-13-14-27-40(39)49(37-24-11-9-20-32(37)33-21-10-12-25-38(33)49)41-29-28-35-34-22-15-23-36(43(34)53-44(35)42(41)48)47-51-45(30-16-5-3-6-17-30)50-46(52-47)31-18-7-4-8-19-31/h3-29H,1-2H3. The molecule has 2 aromatic heterocycles. The Morgan fingerprint density at radius 2 is 0.868 bits per heavy atom.